The summed E-state index contributed by atoms with van der Waals surface area (Å²) >= 11 is 0. The third-order valence-corrected chi connectivity index (χ3v) is 2.93. The molecule has 2 N–H and O–H groups in total. The van der Waals surface area contributed by atoms with E-state index in [-0.39, 0.29) is 12.4 Å². The summed E-state index contributed by atoms with van der Waals surface area (Å²) < 4.78 is 21.1. The molecule has 0 aliphatic carbocycles. The minimum absolute atomic E-state index is 0.0976. The summed E-state index contributed by atoms with van der Waals surface area (Å²) in [6.07, 6.45) is 0. The molecule has 96 valence electrons. The lowest BCUT2D eigenvalue weighted by atomic mass is 10.2. The van der Waals surface area contributed by atoms with Crippen LogP contribution in [-0.4, -0.2) is 9.78 Å². The molecule has 0 bridgehead atoms. The van der Waals surface area contributed by atoms with Crippen molar-refractivity contribution in [1.82, 2.24) is 9.78 Å². The van der Waals surface area contributed by atoms with E-state index < -0.39 is 0 Å². The molecule has 0 amide bonds. The van der Waals surface area contributed by atoms with Gasteiger partial charge >= 0.3 is 0 Å². The predicted octanol–water partition coefficient (Wildman–Crippen LogP) is 2.43. The van der Waals surface area contributed by atoms with Gasteiger partial charge in [0.25, 0.3) is 0 Å². The first-order chi connectivity index (χ1) is 8.54. The van der Waals surface area contributed by atoms with Crippen LogP contribution in [0.4, 0.5) is 4.39 Å². The monoisotopic (exact) mass is 249 g/mol. The van der Waals surface area contributed by atoms with E-state index in [1.54, 1.807) is 16.8 Å². The number of nitrogens with two attached hydrogens (primary N) is 1. The molecule has 1 aromatic carbocycles. The Morgan fingerprint density at radius 2 is 2.11 bits per heavy atom. The van der Waals surface area contributed by atoms with Gasteiger partial charge in [0.2, 0.25) is 0 Å². The first-order valence-corrected chi connectivity index (χ1v) is 5.70. The molecule has 0 aliphatic rings. The summed E-state index contributed by atoms with van der Waals surface area (Å²) in [5.74, 6) is 0.740. The van der Waals surface area contributed by atoms with Crippen molar-refractivity contribution in [1.29, 1.82) is 0 Å². The van der Waals surface area contributed by atoms with Gasteiger partial charge in [-0.25, -0.2) is 4.39 Å². The third kappa shape index (κ3) is 2.09. The maximum atomic E-state index is 13.6. The summed E-state index contributed by atoms with van der Waals surface area (Å²) in [5, 5.41) is 4.25. The minimum Gasteiger partial charge on any atom is -0.453 e. The molecule has 0 atom stereocenters. The molecule has 0 spiro atoms. The molecule has 2 aromatic rings. The van der Waals surface area contributed by atoms with E-state index >= 15 is 0 Å². The van der Waals surface area contributed by atoms with E-state index in [2.05, 4.69) is 5.10 Å². The lowest BCUT2D eigenvalue weighted by Gasteiger charge is -2.10. The first kappa shape index (κ1) is 12.6. The molecular weight excluding hydrogens is 233 g/mol. The fraction of sp³-hybridized carbons (Fsp3) is 0.308. The second-order valence-corrected chi connectivity index (χ2v) is 4.15. The van der Waals surface area contributed by atoms with Crippen LogP contribution in [0.25, 0.3) is 0 Å². The smallest absolute Gasteiger partial charge is 0.171 e. The Hall–Kier alpha value is -1.88. The first-order valence-electron chi connectivity index (χ1n) is 5.70. The van der Waals surface area contributed by atoms with E-state index in [1.807, 2.05) is 20.9 Å². The van der Waals surface area contributed by atoms with Crippen LogP contribution < -0.4 is 10.5 Å². The zero-order valence-corrected chi connectivity index (χ0v) is 10.7. The van der Waals surface area contributed by atoms with Gasteiger partial charge in [-0.15, -0.1) is 0 Å². The Bertz CT molecular complexity index is 578. The van der Waals surface area contributed by atoms with E-state index in [0.717, 1.165) is 11.4 Å². The van der Waals surface area contributed by atoms with Crippen molar-refractivity contribution >= 4 is 0 Å². The quantitative estimate of drug-likeness (QED) is 0.908. The van der Waals surface area contributed by atoms with E-state index in [0.29, 0.717) is 17.1 Å². The van der Waals surface area contributed by atoms with Crippen LogP contribution >= 0.6 is 0 Å². The summed E-state index contributed by atoms with van der Waals surface area (Å²) in [7, 11) is 1.84. The van der Waals surface area contributed by atoms with E-state index in [4.69, 9.17) is 10.5 Å². The molecule has 0 unspecified atom stereocenters. The zero-order chi connectivity index (χ0) is 13.3. The number of halogens is 1. The minimum atomic E-state index is -0.353. The number of hydrogen-bond donors (Lipinski definition) is 1. The number of aryl methyl sites for hydroxylation is 2. The molecule has 1 heterocycles. The lowest BCUT2D eigenvalue weighted by molar-refractivity contribution is 0.460. The summed E-state index contributed by atoms with van der Waals surface area (Å²) in [6.45, 7) is 3.85. The largest absolute Gasteiger partial charge is 0.453 e. The standard InChI is InChI=1S/C13H16FN3O/c1-8-13(9(2)17(3)16-8)18-12-6-4-5-11(14)10(12)7-15/h4-6H,7,15H2,1-3H3. The summed E-state index contributed by atoms with van der Waals surface area (Å²) in [6, 6.07) is 4.68. The fourth-order valence-corrected chi connectivity index (χ4v) is 1.84. The zero-order valence-electron chi connectivity index (χ0n) is 10.7. The molecule has 1 aromatic heterocycles. The molecule has 5 heteroatoms. The number of hydrogen-bond acceptors (Lipinski definition) is 3. The highest BCUT2D eigenvalue weighted by Crippen LogP contribution is 2.31. The summed E-state index contributed by atoms with van der Waals surface area (Å²) in [5.41, 5.74) is 7.58. The average Bonchev–Trinajstić information content (AvgIpc) is 2.56. The second kappa shape index (κ2) is 4.78. The van der Waals surface area contributed by atoms with Crippen molar-refractivity contribution in [2.45, 2.75) is 20.4 Å². The SMILES string of the molecule is Cc1nn(C)c(C)c1Oc1cccc(F)c1CN. The van der Waals surface area contributed by atoms with Crippen LogP contribution in [0.2, 0.25) is 0 Å². The number of ether oxygens (including phenoxy) is 1. The molecule has 0 saturated carbocycles. The Labute approximate surface area is 105 Å². The number of nitrogens with zero attached hydrogens (tertiary/aromatic N) is 2. The van der Waals surface area contributed by atoms with Gasteiger partial charge in [-0.05, 0) is 26.0 Å². The maximum absolute atomic E-state index is 13.6. The molecule has 2 rings (SSSR count). The van der Waals surface area contributed by atoms with Gasteiger partial charge in [0.15, 0.2) is 5.75 Å². The fourth-order valence-electron chi connectivity index (χ4n) is 1.84. The maximum Gasteiger partial charge on any atom is 0.171 e. The highest BCUT2D eigenvalue weighted by Gasteiger charge is 2.15. The Balaban J connectivity index is 2.43. The van der Waals surface area contributed by atoms with Crippen molar-refractivity contribution in [3.63, 3.8) is 0 Å². The highest BCUT2D eigenvalue weighted by molar-refractivity contribution is 5.41. The van der Waals surface area contributed by atoms with Crippen LogP contribution in [0.5, 0.6) is 11.5 Å². The Morgan fingerprint density at radius 3 is 2.67 bits per heavy atom. The Kier molecular flexibility index (Phi) is 3.34. The van der Waals surface area contributed by atoms with E-state index in [1.165, 1.54) is 6.07 Å². The number of benzene rings is 1. The number of aromatic nitrogens is 2. The van der Waals surface area contributed by atoms with Gasteiger partial charge in [-0.3, -0.25) is 4.68 Å². The summed E-state index contributed by atoms with van der Waals surface area (Å²) in [4.78, 5) is 0. The van der Waals surface area contributed by atoms with Crippen molar-refractivity contribution in [2.24, 2.45) is 12.8 Å². The molecule has 18 heavy (non-hydrogen) atoms. The van der Waals surface area contributed by atoms with Crippen LogP contribution in [0.15, 0.2) is 18.2 Å². The topological polar surface area (TPSA) is 53.1 Å². The Morgan fingerprint density at radius 1 is 1.39 bits per heavy atom. The van der Waals surface area contributed by atoms with Crippen LogP contribution in [0.3, 0.4) is 0 Å². The van der Waals surface area contributed by atoms with Gasteiger partial charge in [-0.2, -0.15) is 5.10 Å². The molecule has 0 radical (unpaired) electrons. The van der Waals surface area contributed by atoms with Crippen molar-refractivity contribution in [2.75, 3.05) is 0 Å². The predicted molar refractivity (Wildman–Crippen MR) is 67.0 cm³/mol. The van der Waals surface area contributed by atoms with Crippen LogP contribution in [0.1, 0.15) is 17.0 Å². The van der Waals surface area contributed by atoms with Crippen molar-refractivity contribution < 1.29 is 9.13 Å². The molecule has 0 saturated heterocycles. The highest BCUT2D eigenvalue weighted by atomic mass is 19.1. The third-order valence-electron chi connectivity index (χ3n) is 2.93. The van der Waals surface area contributed by atoms with Crippen LogP contribution in [-0.2, 0) is 13.6 Å². The molecule has 0 aliphatic heterocycles. The van der Waals surface area contributed by atoms with Gasteiger partial charge in [-0.1, -0.05) is 6.07 Å². The normalized spacial score (nSPS) is 10.7. The second-order valence-electron chi connectivity index (χ2n) is 4.15. The van der Waals surface area contributed by atoms with Crippen molar-refractivity contribution in [3.05, 3.63) is 41.0 Å². The average molecular weight is 249 g/mol. The molecule has 4 nitrogen and oxygen atoms in total. The number of rotatable bonds is 3. The van der Waals surface area contributed by atoms with E-state index in [9.17, 15) is 4.39 Å². The van der Waals surface area contributed by atoms with Crippen LogP contribution in [0, 0.1) is 19.7 Å². The lowest BCUT2D eigenvalue weighted by Crippen LogP contribution is -2.03. The van der Waals surface area contributed by atoms with Gasteiger partial charge < -0.3 is 10.5 Å². The van der Waals surface area contributed by atoms with Gasteiger partial charge in [0, 0.05) is 19.2 Å². The van der Waals surface area contributed by atoms with Gasteiger partial charge in [0.05, 0.1) is 5.69 Å². The van der Waals surface area contributed by atoms with Gasteiger partial charge in [0.1, 0.15) is 17.3 Å². The van der Waals surface area contributed by atoms with Crippen molar-refractivity contribution in [3.8, 4) is 11.5 Å². The molecule has 0 fully saturated rings. The molecular formula is C13H16FN3O.